The van der Waals surface area contributed by atoms with Gasteiger partial charge in [0, 0.05) is 19.3 Å². The molecule has 1 aliphatic rings. The lowest BCUT2D eigenvalue weighted by Gasteiger charge is -2.16. The van der Waals surface area contributed by atoms with E-state index in [1.165, 1.54) is 4.52 Å². The number of anilines is 2. The van der Waals surface area contributed by atoms with Gasteiger partial charge in [-0.05, 0) is 12.5 Å². The zero-order valence-electron chi connectivity index (χ0n) is 9.61. The summed E-state index contributed by atoms with van der Waals surface area (Å²) in [7, 11) is 0. The Kier molecular flexibility index (Phi) is 2.31. The minimum absolute atomic E-state index is 0.184. The molecule has 3 rings (SSSR count). The Morgan fingerprint density at radius 1 is 1.56 bits per heavy atom. The van der Waals surface area contributed by atoms with Gasteiger partial charge in [-0.15, -0.1) is 5.10 Å². The number of aliphatic hydroxyl groups excluding tert-OH is 1. The monoisotopic (exact) mass is 244 g/mol. The van der Waals surface area contributed by atoms with Crippen LogP contribution in [0.3, 0.4) is 0 Å². The molecule has 3 heterocycles. The minimum atomic E-state index is -0.312. The summed E-state index contributed by atoms with van der Waals surface area (Å²) >= 11 is 0. The van der Waals surface area contributed by atoms with Gasteiger partial charge in [0.05, 0.1) is 6.10 Å². The number of nitrogens with zero attached hydrogens (tertiary/aromatic N) is 5. The third-order valence-electron chi connectivity index (χ3n) is 3.10. The zero-order valence-corrected chi connectivity index (χ0v) is 9.61. The number of β-amino-alcohol motifs (C(OH)–C–C–N with tert-alkyl or cyclic N) is 1. The molecule has 7 heteroatoms. The van der Waals surface area contributed by atoms with Crippen LogP contribution in [0.2, 0.25) is 0 Å². The molecule has 2 aromatic rings. The van der Waals surface area contributed by atoms with Gasteiger partial charge in [0.1, 0.15) is 17.5 Å². The van der Waals surface area contributed by atoms with Gasteiger partial charge in [-0.2, -0.15) is 5.26 Å². The van der Waals surface area contributed by atoms with Gasteiger partial charge in [-0.3, -0.25) is 0 Å². The van der Waals surface area contributed by atoms with E-state index in [1.54, 1.807) is 12.3 Å². The first kappa shape index (κ1) is 10.8. The number of nitriles is 1. The molecule has 3 N–H and O–H groups in total. The summed E-state index contributed by atoms with van der Waals surface area (Å²) in [6.45, 7) is 1.32. The molecule has 2 aromatic heterocycles. The predicted octanol–water partition coefficient (Wildman–Crippen LogP) is -0.246. The first-order valence-electron chi connectivity index (χ1n) is 5.67. The van der Waals surface area contributed by atoms with Gasteiger partial charge in [-0.25, -0.2) is 9.50 Å². The zero-order chi connectivity index (χ0) is 12.7. The molecule has 1 aliphatic heterocycles. The number of nitrogens with two attached hydrogens (primary N) is 1. The number of hydrogen-bond donors (Lipinski definition) is 2. The van der Waals surface area contributed by atoms with Crippen LogP contribution >= 0.6 is 0 Å². The van der Waals surface area contributed by atoms with E-state index in [4.69, 9.17) is 11.0 Å². The van der Waals surface area contributed by atoms with E-state index >= 15 is 0 Å². The Bertz CT molecular complexity index is 643. The van der Waals surface area contributed by atoms with Crippen LogP contribution in [0.4, 0.5) is 11.6 Å². The fourth-order valence-electron chi connectivity index (χ4n) is 2.17. The molecule has 7 nitrogen and oxygen atoms in total. The quantitative estimate of drug-likeness (QED) is 0.717. The largest absolute Gasteiger partial charge is 0.391 e. The lowest BCUT2D eigenvalue weighted by atomic mass is 10.3. The standard InChI is InChI=1S/C11H12N6O/c12-5-8-10(13)15-17-4-2-9(14-11(8)17)16-3-1-7(18)6-16/h2,4,7,18H,1,3,6H2,(H2,13,15). The summed E-state index contributed by atoms with van der Waals surface area (Å²) in [4.78, 5) is 6.38. The van der Waals surface area contributed by atoms with Crippen LogP contribution in [0.15, 0.2) is 12.3 Å². The summed E-state index contributed by atoms with van der Waals surface area (Å²) in [6.07, 6.45) is 2.15. The molecule has 92 valence electrons. The highest BCUT2D eigenvalue weighted by atomic mass is 16.3. The van der Waals surface area contributed by atoms with Crippen molar-refractivity contribution in [1.29, 1.82) is 5.26 Å². The molecular weight excluding hydrogens is 232 g/mol. The van der Waals surface area contributed by atoms with Crippen LogP contribution in [0.25, 0.3) is 5.65 Å². The van der Waals surface area contributed by atoms with Gasteiger partial charge >= 0.3 is 0 Å². The van der Waals surface area contributed by atoms with Crippen molar-refractivity contribution in [3.8, 4) is 6.07 Å². The molecule has 1 atom stereocenters. The molecule has 0 aliphatic carbocycles. The highest BCUT2D eigenvalue weighted by Gasteiger charge is 2.22. The molecule has 0 radical (unpaired) electrons. The maximum Gasteiger partial charge on any atom is 0.177 e. The number of nitrogen functional groups attached to an aromatic ring is 1. The maximum absolute atomic E-state index is 9.52. The van der Waals surface area contributed by atoms with Crippen LogP contribution in [-0.2, 0) is 0 Å². The summed E-state index contributed by atoms with van der Waals surface area (Å²) < 4.78 is 1.49. The first-order valence-corrected chi connectivity index (χ1v) is 5.67. The number of fused-ring (bicyclic) bond motifs is 1. The predicted molar refractivity (Wildman–Crippen MR) is 65.0 cm³/mol. The van der Waals surface area contributed by atoms with Gasteiger partial charge in [0.15, 0.2) is 11.5 Å². The maximum atomic E-state index is 9.52. The molecular formula is C11H12N6O. The number of rotatable bonds is 1. The van der Waals surface area contributed by atoms with E-state index in [0.717, 1.165) is 18.8 Å². The molecule has 0 spiro atoms. The topological polar surface area (TPSA) is 103 Å². The smallest absolute Gasteiger partial charge is 0.177 e. The molecule has 1 unspecified atom stereocenters. The number of aromatic nitrogens is 3. The second-order valence-electron chi connectivity index (χ2n) is 4.31. The van der Waals surface area contributed by atoms with Crippen molar-refractivity contribution >= 4 is 17.3 Å². The molecule has 0 bridgehead atoms. The molecule has 18 heavy (non-hydrogen) atoms. The summed E-state index contributed by atoms with van der Waals surface area (Å²) in [5, 5.41) is 22.6. The average Bonchev–Trinajstić information content (AvgIpc) is 2.91. The lowest BCUT2D eigenvalue weighted by molar-refractivity contribution is 0.198. The first-order chi connectivity index (χ1) is 8.69. The Morgan fingerprint density at radius 3 is 3.06 bits per heavy atom. The van der Waals surface area contributed by atoms with Crippen LogP contribution in [0.1, 0.15) is 12.0 Å². The SMILES string of the molecule is N#Cc1c(N)nn2ccc(N3CCC(O)C3)nc12. The van der Waals surface area contributed by atoms with Gasteiger partial charge in [0.2, 0.25) is 0 Å². The lowest BCUT2D eigenvalue weighted by Crippen LogP contribution is -2.22. The molecule has 1 saturated heterocycles. The van der Waals surface area contributed by atoms with Crippen molar-refractivity contribution in [2.75, 3.05) is 23.7 Å². The summed E-state index contributed by atoms with van der Waals surface area (Å²) in [5.74, 6) is 0.916. The summed E-state index contributed by atoms with van der Waals surface area (Å²) in [6, 6.07) is 3.81. The molecule has 1 fully saturated rings. The van der Waals surface area contributed by atoms with E-state index in [-0.39, 0.29) is 17.5 Å². The normalized spacial score (nSPS) is 19.3. The van der Waals surface area contributed by atoms with Crippen molar-refractivity contribution in [1.82, 2.24) is 14.6 Å². The van der Waals surface area contributed by atoms with E-state index in [2.05, 4.69) is 10.1 Å². The molecule has 0 saturated carbocycles. The Morgan fingerprint density at radius 2 is 2.39 bits per heavy atom. The van der Waals surface area contributed by atoms with Crippen LogP contribution in [-0.4, -0.2) is 38.9 Å². The summed E-state index contributed by atoms with van der Waals surface area (Å²) in [5.41, 5.74) is 6.38. The fraction of sp³-hybridized carbons (Fsp3) is 0.364. The van der Waals surface area contributed by atoms with E-state index < -0.39 is 0 Å². The van der Waals surface area contributed by atoms with Crippen molar-refractivity contribution in [3.05, 3.63) is 17.8 Å². The van der Waals surface area contributed by atoms with Gasteiger partial charge in [-0.1, -0.05) is 0 Å². The van der Waals surface area contributed by atoms with Crippen molar-refractivity contribution in [2.45, 2.75) is 12.5 Å². The number of hydrogen-bond acceptors (Lipinski definition) is 6. The third-order valence-corrected chi connectivity index (χ3v) is 3.10. The Balaban J connectivity index is 2.08. The van der Waals surface area contributed by atoms with Crippen molar-refractivity contribution < 1.29 is 5.11 Å². The van der Waals surface area contributed by atoms with Gasteiger partial charge in [0.25, 0.3) is 0 Å². The van der Waals surface area contributed by atoms with Crippen LogP contribution < -0.4 is 10.6 Å². The van der Waals surface area contributed by atoms with E-state index in [1.807, 2.05) is 11.0 Å². The van der Waals surface area contributed by atoms with E-state index in [9.17, 15) is 5.11 Å². The highest BCUT2D eigenvalue weighted by Crippen LogP contribution is 2.21. The van der Waals surface area contributed by atoms with Crippen molar-refractivity contribution in [3.63, 3.8) is 0 Å². The Hall–Kier alpha value is -2.33. The van der Waals surface area contributed by atoms with E-state index in [0.29, 0.717) is 12.2 Å². The fourth-order valence-corrected chi connectivity index (χ4v) is 2.17. The van der Waals surface area contributed by atoms with Gasteiger partial charge < -0.3 is 15.7 Å². The Labute approximate surface area is 103 Å². The number of aliphatic hydroxyl groups is 1. The van der Waals surface area contributed by atoms with Crippen LogP contribution in [0, 0.1) is 11.3 Å². The average molecular weight is 244 g/mol. The highest BCUT2D eigenvalue weighted by molar-refractivity contribution is 5.67. The molecule has 0 amide bonds. The second kappa shape index (κ2) is 3.85. The minimum Gasteiger partial charge on any atom is -0.391 e. The van der Waals surface area contributed by atoms with Crippen LogP contribution in [0.5, 0.6) is 0 Å². The van der Waals surface area contributed by atoms with Crippen molar-refractivity contribution in [2.24, 2.45) is 0 Å². The molecule has 0 aromatic carbocycles. The third kappa shape index (κ3) is 1.55. The second-order valence-corrected chi connectivity index (χ2v) is 4.31.